The van der Waals surface area contributed by atoms with Crippen molar-refractivity contribution in [2.45, 2.75) is 25.2 Å². The second kappa shape index (κ2) is 6.03. The van der Waals surface area contributed by atoms with Crippen molar-refractivity contribution in [3.8, 4) is 11.5 Å². The largest absolute Gasteiger partial charge is 0.497 e. The third-order valence-electron chi connectivity index (χ3n) is 3.82. The van der Waals surface area contributed by atoms with Gasteiger partial charge in [-0.15, -0.1) is 0 Å². The van der Waals surface area contributed by atoms with Gasteiger partial charge in [-0.2, -0.15) is 0 Å². The highest BCUT2D eigenvalue weighted by atomic mass is 16.5. The number of hydrogen-bond acceptors (Lipinski definition) is 4. The minimum Gasteiger partial charge on any atom is -0.497 e. The Bertz CT molecular complexity index is 501. The average molecular weight is 279 g/mol. The van der Waals surface area contributed by atoms with Gasteiger partial charge in [0.1, 0.15) is 11.5 Å². The Balaban J connectivity index is 2.55. The van der Waals surface area contributed by atoms with Gasteiger partial charge in [0.05, 0.1) is 26.3 Å². The van der Waals surface area contributed by atoms with Crippen LogP contribution in [-0.2, 0) is 4.79 Å². The molecule has 2 rings (SSSR count). The molecule has 1 atom stereocenters. The van der Waals surface area contributed by atoms with Crippen LogP contribution in [-0.4, -0.2) is 38.9 Å². The summed E-state index contributed by atoms with van der Waals surface area (Å²) in [6, 6.07) is 3.78. The van der Waals surface area contributed by atoms with E-state index in [9.17, 15) is 4.79 Å². The number of methoxy groups -OCH3 is 2. The van der Waals surface area contributed by atoms with E-state index in [0.717, 1.165) is 36.4 Å². The van der Waals surface area contributed by atoms with Crippen LogP contribution in [0.3, 0.4) is 0 Å². The Labute approximate surface area is 119 Å². The molecule has 20 heavy (non-hydrogen) atoms. The highest BCUT2D eigenvalue weighted by Crippen LogP contribution is 2.44. The third kappa shape index (κ3) is 2.81. The molecule has 0 amide bonds. The first-order valence-electron chi connectivity index (χ1n) is 6.75. The van der Waals surface area contributed by atoms with Crippen molar-refractivity contribution in [3.63, 3.8) is 0 Å². The fourth-order valence-corrected chi connectivity index (χ4v) is 2.86. The van der Waals surface area contributed by atoms with Crippen molar-refractivity contribution in [2.75, 3.05) is 32.7 Å². The van der Waals surface area contributed by atoms with E-state index >= 15 is 0 Å². The number of hydrogen-bond donors (Lipinski definition) is 1. The summed E-state index contributed by atoms with van der Waals surface area (Å²) < 4.78 is 10.8. The molecule has 1 aliphatic heterocycles. The second-order valence-electron chi connectivity index (χ2n) is 5.13. The van der Waals surface area contributed by atoms with Crippen molar-refractivity contribution in [1.82, 2.24) is 0 Å². The first-order chi connectivity index (χ1) is 9.56. The van der Waals surface area contributed by atoms with Crippen molar-refractivity contribution in [2.24, 2.45) is 0 Å². The maximum Gasteiger partial charge on any atom is 0.303 e. The van der Waals surface area contributed by atoms with Crippen molar-refractivity contribution >= 4 is 11.7 Å². The molecule has 0 fully saturated rings. The minimum atomic E-state index is -0.771. The number of anilines is 1. The summed E-state index contributed by atoms with van der Waals surface area (Å²) in [5.41, 5.74) is 1.99. The van der Waals surface area contributed by atoms with E-state index in [0.29, 0.717) is 5.75 Å². The average Bonchev–Trinajstić information content (AvgIpc) is 2.57. The maximum absolute atomic E-state index is 11.1. The Morgan fingerprint density at radius 1 is 1.40 bits per heavy atom. The lowest BCUT2D eigenvalue weighted by atomic mass is 9.90. The molecule has 1 aromatic carbocycles. The van der Waals surface area contributed by atoms with Gasteiger partial charge in [0, 0.05) is 19.7 Å². The van der Waals surface area contributed by atoms with Crippen LogP contribution in [0, 0.1) is 0 Å². The first kappa shape index (κ1) is 14.5. The molecule has 5 nitrogen and oxygen atoms in total. The summed E-state index contributed by atoms with van der Waals surface area (Å²) in [4.78, 5) is 13.2. The van der Waals surface area contributed by atoms with Gasteiger partial charge in [-0.25, -0.2) is 0 Å². The number of nitrogens with zero attached hydrogens (tertiary/aromatic N) is 1. The summed E-state index contributed by atoms with van der Waals surface area (Å²) in [5, 5.41) is 9.13. The Hall–Kier alpha value is -1.91. The maximum atomic E-state index is 11.1. The van der Waals surface area contributed by atoms with Crippen molar-refractivity contribution in [3.05, 3.63) is 17.7 Å². The Kier molecular flexibility index (Phi) is 4.37. The van der Waals surface area contributed by atoms with Gasteiger partial charge in [-0.1, -0.05) is 0 Å². The molecule has 1 aromatic rings. The summed E-state index contributed by atoms with van der Waals surface area (Å²) in [7, 11) is 5.24. The van der Waals surface area contributed by atoms with Crippen LogP contribution >= 0.6 is 0 Å². The molecule has 1 heterocycles. The molecule has 1 unspecified atom stereocenters. The molecule has 5 heteroatoms. The predicted octanol–water partition coefficient (Wildman–Crippen LogP) is 2.49. The Morgan fingerprint density at radius 3 is 2.75 bits per heavy atom. The van der Waals surface area contributed by atoms with Crippen LogP contribution in [0.5, 0.6) is 11.5 Å². The number of benzene rings is 1. The molecule has 0 bridgehead atoms. The lowest BCUT2D eigenvalue weighted by molar-refractivity contribution is -0.137. The molecule has 110 valence electrons. The highest BCUT2D eigenvalue weighted by Gasteiger charge is 2.27. The number of rotatable bonds is 4. The zero-order chi connectivity index (χ0) is 14.7. The van der Waals surface area contributed by atoms with Gasteiger partial charge < -0.3 is 19.5 Å². The molecule has 1 N–H and O–H groups in total. The molecule has 1 aliphatic rings. The lowest BCUT2D eigenvalue weighted by Gasteiger charge is -2.24. The number of ether oxygens (including phenoxy) is 2. The predicted molar refractivity (Wildman–Crippen MR) is 77.0 cm³/mol. The Morgan fingerprint density at radius 2 is 2.15 bits per heavy atom. The zero-order valence-corrected chi connectivity index (χ0v) is 12.2. The smallest absolute Gasteiger partial charge is 0.303 e. The SMILES string of the molecule is COc1cc(OC)c2c(c1)C(CC(=O)O)CCCN2C. The van der Waals surface area contributed by atoms with E-state index in [-0.39, 0.29) is 12.3 Å². The molecule has 0 radical (unpaired) electrons. The quantitative estimate of drug-likeness (QED) is 0.917. The summed E-state index contributed by atoms with van der Waals surface area (Å²) in [6.45, 7) is 0.895. The van der Waals surface area contributed by atoms with E-state index in [1.54, 1.807) is 14.2 Å². The van der Waals surface area contributed by atoms with E-state index in [4.69, 9.17) is 14.6 Å². The standard InChI is InChI=1S/C15H21NO4/c1-16-6-4-5-10(7-14(17)18)12-8-11(19-2)9-13(20-3)15(12)16/h8-10H,4-7H2,1-3H3,(H,17,18). The molecular formula is C15H21NO4. The van der Waals surface area contributed by atoms with Gasteiger partial charge in [-0.05, 0) is 30.4 Å². The van der Waals surface area contributed by atoms with Crippen LogP contribution in [0.15, 0.2) is 12.1 Å². The summed E-state index contributed by atoms with van der Waals surface area (Å²) >= 11 is 0. The van der Waals surface area contributed by atoms with Crippen LogP contribution in [0.4, 0.5) is 5.69 Å². The molecule has 0 spiro atoms. The third-order valence-corrected chi connectivity index (χ3v) is 3.82. The lowest BCUT2D eigenvalue weighted by Crippen LogP contribution is -2.18. The highest BCUT2D eigenvalue weighted by molar-refractivity contribution is 5.72. The van der Waals surface area contributed by atoms with E-state index in [1.165, 1.54) is 0 Å². The zero-order valence-electron chi connectivity index (χ0n) is 12.2. The number of carboxylic acid groups (broad SMARTS) is 1. The fraction of sp³-hybridized carbons (Fsp3) is 0.533. The topological polar surface area (TPSA) is 59.0 Å². The monoisotopic (exact) mass is 279 g/mol. The summed E-state index contributed by atoms with van der Waals surface area (Å²) in [6.07, 6.45) is 1.96. The normalized spacial score (nSPS) is 18.1. The van der Waals surface area contributed by atoms with E-state index in [1.807, 2.05) is 19.2 Å². The number of aliphatic carboxylic acids is 1. The molecule has 0 saturated heterocycles. The van der Waals surface area contributed by atoms with Crippen LogP contribution in [0.2, 0.25) is 0 Å². The molecule has 0 aromatic heterocycles. The van der Waals surface area contributed by atoms with E-state index in [2.05, 4.69) is 4.90 Å². The van der Waals surface area contributed by atoms with Crippen LogP contribution in [0.1, 0.15) is 30.7 Å². The van der Waals surface area contributed by atoms with Gasteiger partial charge in [0.2, 0.25) is 0 Å². The van der Waals surface area contributed by atoms with Crippen LogP contribution in [0.25, 0.3) is 0 Å². The van der Waals surface area contributed by atoms with Crippen molar-refractivity contribution < 1.29 is 19.4 Å². The van der Waals surface area contributed by atoms with Gasteiger partial charge in [0.15, 0.2) is 0 Å². The van der Waals surface area contributed by atoms with Crippen molar-refractivity contribution in [1.29, 1.82) is 0 Å². The van der Waals surface area contributed by atoms with Gasteiger partial charge in [-0.3, -0.25) is 4.79 Å². The molecular weight excluding hydrogens is 258 g/mol. The van der Waals surface area contributed by atoms with Crippen LogP contribution < -0.4 is 14.4 Å². The van der Waals surface area contributed by atoms with E-state index < -0.39 is 5.97 Å². The second-order valence-corrected chi connectivity index (χ2v) is 5.13. The number of carboxylic acids is 1. The molecule has 0 saturated carbocycles. The van der Waals surface area contributed by atoms with Gasteiger partial charge in [0.25, 0.3) is 0 Å². The number of carbonyl (C=O) groups is 1. The molecule has 0 aliphatic carbocycles. The van der Waals surface area contributed by atoms with Gasteiger partial charge >= 0.3 is 5.97 Å². The fourth-order valence-electron chi connectivity index (χ4n) is 2.86. The minimum absolute atomic E-state index is 0.00329. The summed E-state index contributed by atoms with van der Waals surface area (Å²) in [5.74, 6) is 0.661. The number of fused-ring (bicyclic) bond motifs is 1. The first-order valence-corrected chi connectivity index (χ1v) is 6.75.